The number of halogens is 2. The molecule has 0 spiro atoms. The molecule has 0 aromatic heterocycles. The standard InChI is InChI=1S/C23H19ClFN3O2S/c1-13-21(14(2)29)22(17-5-3-4-6-19(17)24)18(11-26)23(27-13)31-12-20(30)28-16-9-7-15(25)8-10-16/h3-10,22,27H,12H2,1-2H3,(H,28,30)/t22-/m0/s1. The zero-order valence-corrected chi connectivity index (χ0v) is 18.4. The summed E-state index contributed by atoms with van der Waals surface area (Å²) in [5.74, 6) is -1.47. The van der Waals surface area contributed by atoms with Crippen LogP contribution in [0.2, 0.25) is 5.02 Å². The molecule has 1 heterocycles. The SMILES string of the molecule is CC(=O)C1=C(C)NC(SCC(=O)Nc2ccc(F)cc2)=C(C#N)[C@@H]1c1ccccc1Cl. The van der Waals surface area contributed by atoms with E-state index < -0.39 is 11.7 Å². The number of nitriles is 1. The van der Waals surface area contributed by atoms with Crippen LogP contribution in [-0.4, -0.2) is 17.4 Å². The molecule has 0 unspecified atom stereocenters. The lowest BCUT2D eigenvalue weighted by Crippen LogP contribution is -2.28. The van der Waals surface area contributed by atoms with Crippen LogP contribution in [0, 0.1) is 17.1 Å². The number of Topliss-reactive ketones (excluding diaryl/α,β-unsaturated/α-hetero) is 1. The summed E-state index contributed by atoms with van der Waals surface area (Å²) in [6.07, 6.45) is 0. The van der Waals surface area contributed by atoms with Crippen LogP contribution in [-0.2, 0) is 9.59 Å². The van der Waals surface area contributed by atoms with E-state index in [1.165, 1.54) is 31.2 Å². The van der Waals surface area contributed by atoms with Crippen LogP contribution in [0.15, 0.2) is 70.4 Å². The molecule has 0 radical (unpaired) electrons. The number of ketones is 1. The highest BCUT2D eigenvalue weighted by molar-refractivity contribution is 8.03. The average Bonchev–Trinajstić information content (AvgIpc) is 2.73. The molecule has 1 atom stereocenters. The van der Waals surface area contributed by atoms with Crippen molar-refractivity contribution in [2.75, 3.05) is 11.1 Å². The normalized spacial score (nSPS) is 15.9. The lowest BCUT2D eigenvalue weighted by atomic mass is 9.81. The first-order valence-electron chi connectivity index (χ1n) is 9.37. The fourth-order valence-corrected chi connectivity index (χ4v) is 4.52. The summed E-state index contributed by atoms with van der Waals surface area (Å²) in [7, 11) is 0. The number of hydrogen-bond acceptors (Lipinski definition) is 5. The zero-order valence-electron chi connectivity index (χ0n) is 16.8. The summed E-state index contributed by atoms with van der Waals surface area (Å²) in [5, 5.41) is 16.6. The molecule has 2 N–H and O–H groups in total. The quantitative estimate of drug-likeness (QED) is 0.630. The van der Waals surface area contributed by atoms with E-state index in [1.807, 2.05) is 0 Å². The Kier molecular flexibility index (Phi) is 7.16. The van der Waals surface area contributed by atoms with Gasteiger partial charge in [-0.15, -0.1) is 0 Å². The van der Waals surface area contributed by atoms with E-state index in [0.29, 0.717) is 38.1 Å². The fourth-order valence-electron chi connectivity index (χ4n) is 3.38. The number of rotatable bonds is 6. The van der Waals surface area contributed by atoms with Crippen molar-refractivity contribution in [3.05, 3.63) is 86.8 Å². The Morgan fingerprint density at radius 1 is 1.23 bits per heavy atom. The number of amides is 1. The second kappa shape index (κ2) is 9.82. The zero-order chi connectivity index (χ0) is 22.5. The number of hydrogen-bond donors (Lipinski definition) is 2. The smallest absolute Gasteiger partial charge is 0.234 e. The molecule has 0 saturated carbocycles. The largest absolute Gasteiger partial charge is 0.353 e. The van der Waals surface area contributed by atoms with Gasteiger partial charge in [0, 0.05) is 22.0 Å². The van der Waals surface area contributed by atoms with Crippen molar-refractivity contribution in [1.29, 1.82) is 5.26 Å². The van der Waals surface area contributed by atoms with E-state index in [2.05, 4.69) is 16.7 Å². The van der Waals surface area contributed by atoms with E-state index in [0.717, 1.165) is 11.8 Å². The maximum absolute atomic E-state index is 13.0. The minimum Gasteiger partial charge on any atom is -0.353 e. The number of allylic oxidation sites excluding steroid dienone is 3. The van der Waals surface area contributed by atoms with Crippen molar-refractivity contribution < 1.29 is 14.0 Å². The minimum absolute atomic E-state index is 0.0167. The van der Waals surface area contributed by atoms with Crippen molar-refractivity contribution in [2.24, 2.45) is 0 Å². The van der Waals surface area contributed by atoms with Gasteiger partial charge in [0.05, 0.1) is 28.3 Å². The topological polar surface area (TPSA) is 82.0 Å². The van der Waals surface area contributed by atoms with Crippen molar-refractivity contribution >= 4 is 40.7 Å². The van der Waals surface area contributed by atoms with Crippen molar-refractivity contribution in [3.8, 4) is 6.07 Å². The molecule has 2 aromatic carbocycles. The summed E-state index contributed by atoms with van der Waals surface area (Å²) in [6.45, 7) is 3.21. The third kappa shape index (κ3) is 5.16. The van der Waals surface area contributed by atoms with Gasteiger partial charge in [-0.3, -0.25) is 9.59 Å². The number of anilines is 1. The number of dihydropyridines is 1. The number of nitrogens with zero attached hydrogens (tertiary/aromatic N) is 1. The van der Waals surface area contributed by atoms with Gasteiger partial charge in [0.15, 0.2) is 5.78 Å². The molecule has 1 amide bonds. The van der Waals surface area contributed by atoms with Crippen LogP contribution >= 0.6 is 23.4 Å². The molecule has 3 rings (SSSR count). The molecule has 31 heavy (non-hydrogen) atoms. The molecule has 158 valence electrons. The first-order chi connectivity index (χ1) is 14.8. The molecule has 1 aliphatic heterocycles. The number of carbonyl (C=O) groups excluding carboxylic acids is 2. The van der Waals surface area contributed by atoms with Crippen LogP contribution in [0.3, 0.4) is 0 Å². The van der Waals surface area contributed by atoms with Gasteiger partial charge >= 0.3 is 0 Å². The van der Waals surface area contributed by atoms with E-state index >= 15 is 0 Å². The van der Waals surface area contributed by atoms with Crippen molar-refractivity contribution in [3.63, 3.8) is 0 Å². The number of benzene rings is 2. The summed E-state index contributed by atoms with van der Waals surface area (Å²) < 4.78 is 13.0. The van der Waals surface area contributed by atoms with Gasteiger partial charge in [-0.2, -0.15) is 5.26 Å². The summed E-state index contributed by atoms with van der Waals surface area (Å²) in [6, 6.07) is 14.7. The first kappa shape index (κ1) is 22.6. The van der Waals surface area contributed by atoms with Gasteiger partial charge in [0.1, 0.15) is 5.82 Å². The third-order valence-electron chi connectivity index (χ3n) is 4.72. The molecule has 0 aliphatic carbocycles. The van der Waals surface area contributed by atoms with E-state index in [9.17, 15) is 19.2 Å². The second-order valence-electron chi connectivity index (χ2n) is 6.87. The first-order valence-corrected chi connectivity index (χ1v) is 10.7. The molecule has 0 saturated heterocycles. The average molecular weight is 456 g/mol. The number of thioether (sulfide) groups is 1. The lowest BCUT2D eigenvalue weighted by Gasteiger charge is -2.29. The maximum atomic E-state index is 13.0. The highest BCUT2D eigenvalue weighted by Gasteiger charge is 2.34. The minimum atomic E-state index is -0.625. The molecule has 0 fully saturated rings. The Morgan fingerprint density at radius 2 is 1.90 bits per heavy atom. The predicted molar refractivity (Wildman–Crippen MR) is 121 cm³/mol. The predicted octanol–water partition coefficient (Wildman–Crippen LogP) is 5.14. The molecule has 2 aromatic rings. The van der Waals surface area contributed by atoms with Gasteiger partial charge < -0.3 is 10.6 Å². The Hall–Kier alpha value is -3.08. The van der Waals surface area contributed by atoms with Crippen LogP contribution in [0.5, 0.6) is 0 Å². The highest BCUT2D eigenvalue weighted by Crippen LogP contribution is 2.42. The Labute approximate surface area is 189 Å². The second-order valence-corrected chi connectivity index (χ2v) is 8.27. The van der Waals surface area contributed by atoms with Gasteiger partial charge in [0.25, 0.3) is 0 Å². The van der Waals surface area contributed by atoms with Crippen LogP contribution < -0.4 is 10.6 Å². The third-order valence-corrected chi connectivity index (χ3v) is 6.08. The Balaban J connectivity index is 1.88. The summed E-state index contributed by atoms with van der Waals surface area (Å²) in [5.41, 5.74) is 2.52. The summed E-state index contributed by atoms with van der Waals surface area (Å²) >= 11 is 7.54. The van der Waals surface area contributed by atoms with Crippen LogP contribution in [0.4, 0.5) is 10.1 Å². The summed E-state index contributed by atoms with van der Waals surface area (Å²) in [4.78, 5) is 24.7. The fraction of sp³-hybridized carbons (Fsp3) is 0.174. The molecular formula is C23H19ClFN3O2S. The number of carbonyl (C=O) groups is 2. The van der Waals surface area contributed by atoms with Gasteiger partial charge in [-0.05, 0) is 49.7 Å². The number of nitrogens with one attached hydrogen (secondary N) is 2. The lowest BCUT2D eigenvalue weighted by molar-refractivity contribution is -0.114. The van der Waals surface area contributed by atoms with E-state index in [4.69, 9.17) is 11.6 Å². The monoisotopic (exact) mass is 455 g/mol. The van der Waals surface area contributed by atoms with Gasteiger partial charge in [0.2, 0.25) is 5.91 Å². The van der Waals surface area contributed by atoms with E-state index in [1.54, 1.807) is 31.2 Å². The van der Waals surface area contributed by atoms with Gasteiger partial charge in [-0.1, -0.05) is 41.6 Å². The van der Waals surface area contributed by atoms with E-state index in [-0.39, 0.29) is 17.4 Å². The Bertz CT molecular complexity index is 1140. The molecule has 5 nitrogen and oxygen atoms in total. The molecule has 8 heteroatoms. The van der Waals surface area contributed by atoms with Crippen molar-refractivity contribution in [1.82, 2.24) is 5.32 Å². The maximum Gasteiger partial charge on any atom is 0.234 e. The molecule has 0 bridgehead atoms. The van der Waals surface area contributed by atoms with Crippen LogP contribution in [0.25, 0.3) is 0 Å². The van der Waals surface area contributed by atoms with Crippen molar-refractivity contribution in [2.45, 2.75) is 19.8 Å². The Morgan fingerprint density at radius 3 is 2.52 bits per heavy atom. The molecule has 1 aliphatic rings. The highest BCUT2D eigenvalue weighted by atomic mass is 35.5. The molecular weight excluding hydrogens is 437 g/mol. The van der Waals surface area contributed by atoms with Crippen LogP contribution in [0.1, 0.15) is 25.3 Å². The van der Waals surface area contributed by atoms with Gasteiger partial charge in [-0.25, -0.2) is 4.39 Å².